The summed E-state index contributed by atoms with van der Waals surface area (Å²) in [6.07, 6.45) is 0.294. The molecule has 1 aromatic carbocycles. The number of amides is 1. The topological polar surface area (TPSA) is 114 Å². The first-order valence-corrected chi connectivity index (χ1v) is 11.5. The number of ether oxygens (including phenoxy) is 2. The molecule has 0 aliphatic carbocycles. The van der Waals surface area contributed by atoms with Gasteiger partial charge in [0.15, 0.2) is 5.82 Å². The fourth-order valence-corrected chi connectivity index (χ4v) is 5.12. The Labute approximate surface area is 196 Å². The second kappa shape index (κ2) is 8.61. The molecule has 34 heavy (non-hydrogen) atoms. The molecule has 1 N–H and O–H groups in total. The van der Waals surface area contributed by atoms with Gasteiger partial charge in [0.1, 0.15) is 12.2 Å². The smallest absolute Gasteiger partial charge is 0.338 e. The van der Waals surface area contributed by atoms with E-state index >= 15 is 0 Å². The normalized spacial score (nSPS) is 21.0. The van der Waals surface area contributed by atoms with E-state index in [1.807, 2.05) is 6.92 Å². The number of aryl methyl sites for hydroxylation is 1. The number of hydrogen-bond donors (Lipinski definition) is 1. The van der Waals surface area contributed by atoms with Gasteiger partial charge in [-0.2, -0.15) is 5.10 Å². The first-order chi connectivity index (χ1) is 16.3. The number of benzene rings is 1. The Morgan fingerprint density at radius 2 is 1.88 bits per heavy atom. The molecule has 2 aromatic rings. The summed E-state index contributed by atoms with van der Waals surface area (Å²) >= 11 is 0. The molecule has 2 saturated heterocycles. The lowest BCUT2D eigenvalue weighted by Gasteiger charge is -2.45. The number of cyclic esters (lactones) is 1. The number of aliphatic hydroxyl groups excluding tert-OH is 1. The molecule has 0 bridgehead atoms. The first-order valence-electron chi connectivity index (χ1n) is 11.5. The molecule has 3 aliphatic heterocycles. The lowest BCUT2D eigenvalue weighted by atomic mass is 9.87. The van der Waals surface area contributed by atoms with Crippen molar-refractivity contribution in [1.82, 2.24) is 14.7 Å². The average molecular weight is 469 g/mol. The van der Waals surface area contributed by atoms with Crippen molar-refractivity contribution in [2.45, 2.75) is 38.1 Å². The van der Waals surface area contributed by atoms with Crippen molar-refractivity contribution in [3.63, 3.8) is 0 Å². The summed E-state index contributed by atoms with van der Waals surface area (Å²) in [7, 11) is 1.56. The largest absolute Gasteiger partial charge is 0.457 e. The van der Waals surface area contributed by atoms with Gasteiger partial charge in [-0.1, -0.05) is 6.07 Å². The maximum Gasteiger partial charge on any atom is 0.338 e. The van der Waals surface area contributed by atoms with Crippen molar-refractivity contribution in [2.24, 2.45) is 7.05 Å². The number of anilines is 1. The van der Waals surface area contributed by atoms with Crippen LogP contribution in [0.25, 0.3) is 0 Å². The van der Waals surface area contributed by atoms with Crippen molar-refractivity contribution in [2.75, 3.05) is 37.7 Å². The third-order valence-corrected chi connectivity index (χ3v) is 7.21. The Hall–Kier alpha value is -3.08. The molecule has 1 atom stereocenters. The van der Waals surface area contributed by atoms with Crippen LogP contribution < -0.4 is 10.5 Å². The third-order valence-electron chi connectivity index (χ3n) is 7.21. The van der Waals surface area contributed by atoms with Crippen molar-refractivity contribution in [3.05, 3.63) is 56.9 Å². The highest BCUT2D eigenvalue weighted by atomic mass is 16.5. The van der Waals surface area contributed by atoms with E-state index in [1.165, 1.54) is 10.7 Å². The lowest BCUT2D eigenvalue weighted by Crippen LogP contribution is -2.61. The number of morpholine rings is 1. The van der Waals surface area contributed by atoms with Gasteiger partial charge in [0, 0.05) is 38.3 Å². The Morgan fingerprint density at radius 3 is 2.62 bits per heavy atom. The Morgan fingerprint density at radius 1 is 1.12 bits per heavy atom. The molecule has 10 nitrogen and oxygen atoms in total. The molecule has 0 saturated carbocycles. The van der Waals surface area contributed by atoms with Crippen LogP contribution in [0.4, 0.5) is 5.82 Å². The summed E-state index contributed by atoms with van der Waals surface area (Å²) in [5, 5.41) is 15.2. The second-order valence-corrected chi connectivity index (χ2v) is 9.15. The quantitative estimate of drug-likeness (QED) is 0.652. The van der Waals surface area contributed by atoms with E-state index in [2.05, 4.69) is 10.00 Å². The summed E-state index contributed by atoms with van der Waals surface area (Å²) < 4.78 is 12.4. The minimum atomic E-state index is -0.919. The number of likely N-dealkylation sites (tertiary alicyclic amines) is 1. The van der Waals surface area contributed by atoms with E-state index in [0.29, 0.717) is 57.0 Å². The van der Waals surface area contributed by atoms with E-state index in [1.54, 1.807) is 30.1 Å². The maximum absolute atomic E-state index is 13.4. The summed E-state index contributed by atoms with van der Waals surface area (Å²) in [5.41, 5.74) is 1.93. The Kier molecular flexibility index (Phi) is 5.75. The number of β-amino-alcohol motifs (C(OH)–C–C–N with tert-alkyl or cyclic N) is 1. The van der Waals surface area contributed by atoms with E-state index in [4.69, 9.17) is 9.47 Å². The molecule has 5 rings (SSSR count). The number of rotatable bonds is 4. The zero-order valence-electron chi connectivity index (χ0n) is 19.3. The number of piperidine rings is 1. The van der Waals surface area contributed by atoms with Crippen LogP contribution in [0.5, 0.6) is 0 Å². The Balaban J connectivity index is 1.25. The molecule has 180 valence electrons. The number of hydrogen-bond acceptors (Lipinski definition) is 8. The lowest BCUT2D eigenvalue weighted by molar-refractivity contribution is -0.158. The number of esters is 1. The van der Waals surface area contributed by atoms with Crippen LogP contribution in [0.15, 0.2) is 29.1 Å². The van der Waals surface area contributed by atoms with Gasteiger partial charge in [0.05, 0.1) is 24.8 Å². The van der Waals surface area contributed by atoms with E-state index in [0.717, 1.165) is 16.7 Å². The van der Waals surface area contributed by atoms with Crippen LogP contribution in [-0.2, 0) is 27.9 Å². The second-order valence-electron chi connectivity index (χ2n) is 9.15. The molecule has 1 spiro atoms. The van der Waals surface area contributed by atoms with Gasteiger partial charge >= 0.3 is 5.97 Å². The highest BCUT2D eigenvalue weighted by molar-refractivity contribution is 5.99. The molecule has 10 heteroatoms. The first kappa shape index (κ1) is 22.7. The highest BCUT2D eigenvalue weighted by Gasteiger charge is 2.48. The molecular formula is C24H28N4O6. The van der Waals surface area contributed by atoms with Crippen molar-refractivity contribution in [3.8, 4) is 0 Å². The van der Waals surface area contributed by atoms with Crippen LogP contribution >= 0.6 is 0 Å². The predicted octanol–water partition coefficient (Wildman–Crippen LogP) is 0.691. The van der Waals surface area contributed by atoms with Crippen molar-refractivity contribution < 1.29 is 24.2 Å². The molecular weight excluding hydrogens is 440 g/mol. The number of aliphatic hydroxyl groups is 1. The summed E-state index contributed by atoms with van der Waals surface area (Å²) in [6, 6.07) is 6.49. The summed E-state index contributed by atoms with van der Waals surface area (Å²) in [5.74, 6) is -0.00834. The Bertz CT molecular complexity index is 1200. The molecule has 4 heterocycles. The van der Waals surface area contributed by atoms with Crippen LogP contribution in [0.3, 0.4) is 0 Å². The van der Waals surface area contributed by atoms with Crippen LogP contribution in [0, 0.1) is 6.92 Å². The van der Waals surface area contributed by atoms with Gasteiger partial charge < -0.3 is 19.5 Å². The summed E-state index contributed by atoms with van der Waals surface area (Å²) in [4.78, 5) is 40.6. The molecule has 2 fully saturated rings. The molecule has 1 unspecified atom stereocenters. The third kappa shape index (κ3) is 3.81. The number of nitrogens with zero attached hydrogens (tertiary/aromatic N) is 4. The van der Waals surface area contributed by atoms with E-state index in [-0.39, 0.29) is 24.0 Å². The molecule has 3 aliphatic rings. The van der Waals surface area contributed by atoms with Gasteiger partial charge in [-0.15, -0.1) is 0 Å². The fourth-order valence-electron chi connectivity index (χ4n) is 5.12. The number of fused-ring (bicyclic) bond motifs is 1. The van der Waals surface area contributed by atoms with E-state index < -0.39 is 11.7 Å². The zero-order valence-corrected chi connectivity index (χ0v) is 19.3. The molecule has 0 radical (unpaired) electrons. The monoisotopic (exact) mass is 468 g/mol. The molecule has 1 amide bonds. The average Bonchev–Trinajstić information content (AvgIpc) is 3.21. The number of carbonyl (C=O) groups excluding carboxylic acids is 2. The molecule has 1 aromatic heterocycles. The fraction of sp³-hybridized carbons (Fsp3) is 0.500. The van der Waals surface area contributed by atoms with Crippen molar-refractivity contribution in [1.29, 1.82) is 0 Å². The number of carbonyl (C=O) groups is 2. The standard InChI is InChI=1S/C24H28N4O6/c1-15-16(3-4-17-18(15)14-33-22(17)31)19(29)13-27-9-7-24(8-10-27)23(32)28(11-12-34-24)20-5-6-21(30)26(2)25-20/h3-6,19,29H,7-14H2,1-2H3. The van der Waals surface area contributed by atoms with Crippen LogP contribution in [0.2, 0.25) is 0 Å². The van der Waals surface area contributed by atoms with Gasteiger partial charge in [-0.3, -0.25) is 14.5 Å². The highest BCUT2D eigenvalue weighted by Crippen LogP contribution is 2.34. The van der Waals surface area contributed by atoms with Crippen LogP contribution in [0.1, 0.15) is 46.0 Å². The zero-order chi connectivity index (χ0) is 24.0. The van der Waals surface area contributed by atoms with Gasteiger partial charge in [-0.25, -0.2) is 9.48 Å². The van der Waals surface area contributed by atoms with Gasteiger partial charge in [-0.05, 0) is 43.0 Å². The summed E-state index contributed by atoms with van der Waals surface area (Å²) in [6.45, 7) is 4.55. The number of aromatic nitrogens is 2. The predicted molar refractivity (Wildman–Crippen MR) is 121 cm³/mol. The van der Waals surface area contributed by atoms with Crippen molar-refractivity contribution >= 4 is 17.7 Å². The van der Waals surface area contributed by atoms with Crippen LogP contribution in [-0.4, -0.2) is 70.1 Å². The minimum absolute atomic E-state index is 0.135. The van der Waals surface area contributed by atoms with Gasteiger partial charge in [0.2, 0.25) is 0 Å². The van der Waals surface area contributed by atoms with Gasteiger partial charge in [0.25, 0.3) is 11.5 Å². The minimum Gasteiger partial charge on any atom is -0.457 e. The van der Waals surface area contributed by atoms with E-state index in [9.17, 15) is 19.5 Å². The SMILES string of the molecule is Cc1c(C(O)CN2CCC3(CC2)OCCN(c2ccc(=O)n(C)n2)C3=O)ccc2c1COC2=O. The maximum atomic E-state index is 13.4.